The van der Waals surface area contributed by atoms with Gasteiger partial charge in [0.15, 0.2) is 16.8 Å². The molecule has 3 rings (SSSR count). The molecule has 1 aromatic carbocycles. The maximum atomic E-state index is 6.06. The predicted molar refractivity (Wildman–Crippen MR) is 67.4 cm³/mol. The van der Waals surface area contributed by atoms with E-state index in [1.54, 1.807) is 0 Å². The molecule has 0 radical (unpaired) electrons. The number of aliphatic imine (C=N–C) groups is 1. The summed E-state index contributed by atoms with van der Waals surface area (Å²) in [6, 6.07) is 9.65. The number of hydrogen-bond acceptors (Lipinski definition) is 5. The quantitative estimate of drug-likeness (QED) is 0.758. The molecule has 84 valence electrons. The van der Waals surface area contributed by atoms with Crippen molar-refractivity contribution in [2.45, 2.75) is 0 Å². The normalized spacial score (nSPS) is 12.5. The Balaban J connectivity index is 2.15. The molecule has 0 saturated heterocycles. The lowest BCUT2D eigenvalue weighted by atomic mass is 10.2. The second-order valence-electron chi connectivity index (χ2n) is 3.43. The molecule has 0 spiro atoms. The minimum atomic E-state index is 0.333. The summed E-state index contributed by atoms with van der Waals surface area (Å²) in [5.74, 6) is 1.15. The number of aromatic nitrogens is 2. The summed E-state index contributed by atoms with van der Waals surface area (Å²) < 4.78 is 0. The smallest absolute Gasteiger partial charge is 0.176 e. The molecule has 1 aliphatic rings. The molecule has 1 aromatic heterocycles. The van der Waals surface area contributed by atoms with Crippen LogP contribution in [-0.2, 0) is 0 Å². The fourth-order valence-corrected chi connectivity index (χ4v) is 1.76. The lowest BCUT2D eigenvalue weighted by molar-refractivity contribution is 1.05. The summed E-state index contributed by atoms with van der Waals surface area (Å²) in [7, 11) is 0. The van der Waals surface area contributed by atoms with E-state index in [4.69, 9.17) is 11.6 Å². The summed E-state index contributed by atoms with van der Waals surface area (Å²) in [5, 5.41) is 0.333. The topological polar surface area (TPSA) is 62.2 Å². The van der Waals surface area contributed by atoms with Crippen molar-refractivity contribution < 1.29 is 0 Å². The molecule has 5 nitrogen and oxygen atoms in total. The number of rotatable bonds is 1. The van der Waals surface area contributed by atoms with Crippen LogP contribution in [0.2, 0.25) is 5.15 Å². The molecule has 2 aromatic rings. The van der Waals surface area contributed by atoms with Gasteiger partial charge < -0.3 is 0 Å². The Morgan fingerprint density at radius 3 is 2.71 bits per heavy atom. The Hall–Kier alpha value is -2.14. The lowest BCUT2D eigenvalue weighted by Crippen LogP contribution is -2.23. The third-order valence-electron chi connectivity index (χ3n) is 2.32. The molecule has 1 aliphatic heterocycles. The molecular weight excluding hydrogens is 238 g/mol. The Morgan fingerprint density at radius 1 is 1.06 bits per heavy atom. The van der Waals surface area contributed by atoms with Crippen molar-refractivity contribution in [2.24, 2.45) is 4.99 Å². The van der Waals surface area contributed by atoms with Gasteiger partial charge in [-0.25, -0.2) is 15.0 Å². The number of nitrogens with one attached hydrogen (secondary N) is 2. The number of nitrogens with zero attached hydrogens (tertiary/aromatic N) is 3. The molecule has 0 aliphatic carbocycles. The highest BCUT2D eigenvalue weighted by molar-refractivity contribution is 6.32. The highest BCUT2D eigenvalue weighted by Crippen LogP contribution is 2.33. The maximum absolute atomic E-state index is 6.06. The van der Waals surface area contributed by atoms with Gasteiger partial charge in [0.05, 0.1) is 0 Å². The average Bonchev–Trinajstić information content (AvgIpc) is 2.40. The molecule has 2 N–H and O–H groups in total. The molecule has 2 heterocycles. The van der Waals surface area contributed by atoms with Crippen LogP contribution in [0.15, 0.2) is 35.3 Å². The molecule has 0 amide bonds. The standard InChI is InChI=1S/C11H8ClN5/c12-9-8-11(17-14-6-13-8)16-10(15-9)7-4-2-1-3-5-7/h1-6H,(H,13,14)(H,15,16,17). The van der Waals surface area contributed by atoms with Crippen molar-refractivity contribution in [3.05, 3.63) is 35.5 Å². The molecule has 0 atom stereocenters. The van der Waals surface area contributed by atoms with E-state index < -0.39 is 0 Å². The number of halogens is 1. The maximum Gasteiger partial charge on any atom is 0.176 e. The second kappa shape index (κ2) is 4.03. The Bertz CT molecular complexity index is 582. The summed E-state index contributed by atoms with van der Waals surface area (Å²) in [5.41, 5.74) is 7.09. The lowest BCUT2D eigenvalue weighted by Gasteiger charge is -2.14. The van der Waals surface area contributed by atoms with Crippen LogP contribution in [0.1, 0.15) is 0 Å². The highest BCUT2D eigenvalue weighted by atomic mass is 35.5. The van der Waals surface area contributed by atoms with Gasteiger partial charge in [-0.15, -0.1) is 0 Å². The van der Waals surface area contributed by atoms with E-state index >= 15 is 0 Å². The average molecular weight is 246 g/mol. The number of anilines is 1. The fourth-order valence-electron chi connectivity index (χ4n) is 1.54. The van der Waals surface area contributed by atoms with Crippen molar-refractivity contribution in [3.63, 3.8) is 0 Å². The SMILES string of the molecule is Clc1nc(-c2ccccc2)nc2c1N=CNN2. The Kier molecular flexibility index (Phi) is 2.38. The molecule has 0 fully saturated rings. The van der Waals surface area contributed by atoms with Gasteiger partial charge in [-0.3, -0.25) is 10.9 Å². The summed E-state index contributed by atoms with van der Waals surface area (Å²) >= 11 is 6.06. The van der Waals surface area contributed by atoms with Crippen molar-refractivity contribution in [2.75, 3.05) is 5.43 Å². The van der Waals surface area contributed by atoms with E-state index in [2.05, 4.69) is 25.8 Å². The first-order chi connectivity index (χ1) is 8.34. The van der Waals surface area contributed by atoms with Crippen LogP contribution in [0.3, 0.4) is 0 Å². The van der Waals surface area contributed by atoms with Crippen molar-refractivity contribution in [1.82, 2.24) is 15.4 Å². The van der Waals surface area contributed by atoms with Crippen LogP contribution >= 0.6 is 11.6 Å². The first-order valence-electron chi connectivity index (χ1n) is 5.01. The van der Waals surface area contributed by atoms with Crippen molar-refractivity contribution in [1.29, 1.82) is 0 Å². The Morgan fingerprint density at radius 2 is 1.88 bits per heavy atom. The van der Waals surface area contributed by atoms with Crippen molar-refractivity contribution in [3.8, 4) is 11.4 Å². The first kappa shape index (κ1) is 10.0. The summed E-state index contributed by atoms with van der Waals surface area (Å²) in [6.07, 6.45) is 1.50. The summed E-state index contributed by atoms with van der Waals surface area (Å²) in [4.78, 5) is 12.7. The van der Waals surface area contributed by atoms with Crippen LogP contribution in [0.25, 0.3) is 11.4 Å². The van der Waals surface area contributed by atoms with Gasteiger partial charge in [0.25, 0.3) is 0 Å². The van der Waals surface area contributed by atoms with E-state index in [9.17, 15) is 0 Å². The monoisotopic (exact) mass is 245 g/mol. The zero-order valence-corrected chi connectivity index (χ0v) is 9.44. The highest BCUT2D eigenvalue weighted by Gasteiger charge is 2.14. The van der Waals surface area contributed by atoms with E-state index in [-0.39, 0.29) is 0 Å². The molecule has 0 saturated carbocycles. The van der Waals surface area contributed by atoms with E-state index in [0.29, 0.717) is 22.5 Å². The third kappa shape index (κ3) is 1.81. The first-order valence-corrected chi connectivity index (χ1v) is 5.39. The minimum Gasteiger partial charge on any atom is -0.289 e. The van der Waals surface area contributed by atoms with Gasteiger partial charge in [-0.2, -0.15) is 0 Å². The molecule has 0 bridgehead atoms. The molecular formula is C11H8ClN5. The van der Waals surface area contributed by atoms with Gasteiger partial charge in [0, 0.05) is 5.56 Å². The second-order valence-corrected chi connectivity index (χ2v) is 3.79. The van der Waals surface area contributed by atoms with E-state index in [1.165, 1.54) is 6.34 Å². The van der Waals surface area contributed by atoms with E-state index in [1.807, 2.05) is 30.3 Å². The van der Waals surface area contributed by atoms with E-state index in [0.717, 1.165) is 5.56 Å². The zero-order valence-electron chi connectivity index (χ0n) is 8.68. The van der Waals surface area contributed by atoms with Gasteiger partial charge in [-0.05, 0) is 0 Å². The van der Waals surface area contributed by atoms with Crippen LogP contribution in [0, 0.1) is 0 Å². The summed E-state index contributed by atoms with van der Waals surface area (Å²) in [6.45, 7) is 0. The predicted octanol–water partition coefficient (Wildman–Crippen LogP) is 2.39. The minimum absolute atomic E-state index is 0.333. The zero-order chi connectivity index (χ0) is 11.7. The van der Waals surface area contributed by atoms with Crippen LogP contribution in [0.4, 0.5) is 11.5 Å². The fraction of sp³-hybridized carbons (Fsp3) is 0. The third-order valence-corrected chi connectivity index (χ3v) is 2.59. The number of fused-ring (bicyclic) bond motifs is 1. The van der Waals surface area contributed by atoms with Gasteiger partial charge in [0.1, 0.15) is 12.0 Å². The van der Waals surface area contributed by atoms with Gasteiger partial charge in [0.2, 0.25) is 0 Å². The largest absolute Gasteiger partial charge is 0.289 e. The number of hydrogen-bond donors (Lipinski definition) is 2. The number of benzene rings is 1. The number of hydrazine groups is 1. The van der Waals surface area contributed by atoms with Gasteiger partial charge in [-0.1, -0.05) is 41.9 Å². The van der Waals surface area contributed by atoms with Crippen LogP contribution < -0.4 is 10.9 Å². The van der Waals surface area contributed by atoms with Crippen LogP contribution in [0.5, 0.6) is 0 Å². The Labute approximate surface area is 103 Å². The van der Waals surface area contributed by atoms with Crippen LogP contribution in [-0.4, -0.2) is 16.3 Å². The molecule has 17 heavy (non-hydrogen) atoms. The van der Waals surface area contributed by atoms with Gasteiger partial charge >= 0.3 is 0 Å². The van der Waals surface area contributed by atoms with Crippen molar-refractivity contribution >= 4 is 29.4 Å². The molecule has 0 unspecified atom stereocenters. The molecule has 6 heteroatoms.